The summed E-state index contributed by atoms with van der Waals surface area (Å²) in [5.41, 5.74) is -1.59. The molecule has 3 saturated heterocycles. The first-order valence-electron chi connectivity index (χ1n) is 23.7. The van der Waals surface area contributed by atoms with Crippen LogP contribution >= 0.6 is 0 Å². The van der Waals surface area contributed by atoms with E-state index in [1.807, 2.05) is 0 Å². The van der Waals surface area contributed by atoms with E-state index in [4.69, 9.17) is 28.4 Å². The molecule has 0 unspecified atom stereocenters. The van der Waals surface area contributed by atoms with Crippen LogP contribution in [0.4, 0.5) is 0 Å². The number of ether oxygens (including phenoxy) is 6. The van der Waals surface area contributed by atoms with Crippen LogP contribution in [0, 0.1) is 50.2 Å². The van der Waals surface area contributed by atoms with Gasteiger partial charge in [-0.2, -0.15) is 0 Å². The Morgan fingerprint density at radius 3 is 2.05 bits per heavy atom. The molecule has 65 heavy (non-hydrogen) atoms. The van der Waals surface area contributed by atoms with Crippen molar-refractivity contribution in [2.45, 2.75) is 211 Å². The second-order valence-corrected chi connectivity index (χ2v) is 23.1. The molecule has 7 fully saturated rings. The van der Waals surface area contributed by atoms with Gasteiger partial charge in [0.2, 0.25) is 0 Å². The van der Waals surface area contributed by atoms with Crippen LogP contribution < -0.4 is 34.7 Å². The zero-order valence-electron chi connectivity index (χ0n) is 39.6. The van der Waals surface area contributed by atoms with Gasteiger partial charge in [-0.15, -0.1) is 0 Å². The van der Waals surface area contributed by atoms with Gasteiger partial charge in [-0.05, 0) is 110 Å². The number of aliphatic carboxylic acids is 1. The molecule has 4 saturated carbocycles. The van der Waals surface area contributed by atoms with E-state index in [1.54, 1.807) is 0 Å². The van der Waals surface area contributed by atoms with E-state index in [-0.39, 0.29) is 63.6 Å². The molecule has 0 aromatic heterocycles. The van der Waals surface area contributed by atoms with Crippen LogP contribution in [-0.4, -0.2) is 163 Å². The van der Waals surface area contributed by atoms with Crippen molar-refractivity contribution in [1.82, 2.24) is 0 Å². The minimum atomic E-state index is -1.77. The predicted octanol–water partition coefficient (Wildman–Crippen LogP) is -2.99. The molecule has 8 rings (SSSR count). The van der Waals surface area contributed by atoms with Crippen molar-refractivity contribution in [3.05, 3.63) is 11.6 Å². The summed E-state index contributed by atoms with van der Waals surface area (Å²) in [5.74, 6) is -1.12. The SMILES string of the molecule is C[C@@H]1O[C@@H](O[C@@H]2[C@@H](O)[C@H](O[C@H]3CC[C@]4(C)[C@H]5CC=C6[C@@H]7CC(C)(C)CC[C@]7(C(=O)[O-])[C@H](O)C[C@@]6(C)[C@]5(C)CC[C@H]4C3(C)C)O[C@H](CO)[C@H]2O[C@@H]2OC[C@@H](O)[C@H](O)[C@H]2O)[C@H](O)[C@H](O)[C@H]1O.[Na+]. The number of hydrogen-bond acceptors (Lipinski definition) is 17. The van der Waals surface area contributed by atoms with Crippen molar-refractivity contribution in [3.63, 3.8) is 0 Å². The summed E-state index contributed by atoms with van der Waals surface area (Å²) < 4.78 is 36.5. The van der Waals surface area contributed by atoms with E-state index in [9.17, 15) is 55.9 Å². The second-order valence-electron chi connectivity index (χ2n) is 23.1. The number of hydrogen-bond donors (Lipinski definition) is 9. The molecule has 3 heterocycles. The quantitative estimate of drug-likeness (QED) is 0.0667. The molecule has 0 aromatic rings. The number of carbonyl (C=O) groups is 1. The van der Waals surface area contributed by atoms with Crippen LogP contribution in [0.15, 0.2) is 11.6 Å². The van der Waals surface area contributed by atoms with Crippen molar-refractivity contribution in [2.24, 2.45) is 50.2 Å². The first kappa shape index (κ1) is 52.4. The van der Waals surface area contributed by atoms with Crippen molar-refractivity contribution in [2.75, 3.05) is 13.2 Å². The van der Waals surface area contributed by atoms with Gasteiger partial charge in [0.1, 0.15) is 61.0 Å². The number of aliphatic hydroxyl groups is 9. The van der Waals surface area contributed by atoms with Gasteiger partial charge in [0.15, 0.2) is 18.9 Å². The number of aliphatic hydroxyl groups excluding tert-OH is 9. The first-order chi connectivity index (χ1) is 29.8. The fourth-order valence-electron chi connectivity index (χ4n) is 14.9. The Morgan fingerprint density at radius 1 is 0.738 bits per heavy atom. The van der Waals surface area contributed by atoms with Gasteiger partial charge in [-0.1, -0.05) is 60.1 Å². The Balaban J connectivity index is 0.00000630. The minimum Gasteiger partial charge on any atom is -0.549 e. The molecule has 9 N–H and O–H groups in total. The van der Waals surface area contributed by atoms with Gasteiger partial charge in [-0.3, -0.25) is 0 Å². The fraction of sp³-hybridized carbons (Fsp3) is 0.936. The molecule has 17 nitrogen and oxygen atoms in total. The van der Waals surface area contributed by atoms with Crippen LogP contribution in [0.25, 0.3) is 0 Å². The Labute approximate surface area is 404 Å². The van der Waals surface area contributed by atoms with E-state index in [2.05, 4.69) is 54.5 Å². The Bertz CT molecular complexity index is 1770. The normalized spacial score (nSPS) is 53.8. The van der Waals surface area contributed by atoms with Crippen LogP contribution in [0.1, 0.15) is 113 Å². The maximum absolute atomic E-state index is 13.1. The summed E-state index contributed by atoms with van der Waals surface area (Å²) in [6.45, 7) is 16.1. The smallest absolute Gasteiger partial charge is 0.549 e. The van der Waals surface area contributed by atoms with Gasteiger partial charge in [0.05, 0.1) is 37.5 Å². The summed E-state index contributed by atoms with van der Waals surface area (Å²) in [7, 11) is 0. The molecule has 18 heteroatoms. The van der Waals surface area contributed by atoms with Crippen molar-refractivity contribution in [1.29, 1.82) is 0 Å². The van der Waals surface area contributed by atoms with Crippen molar-refractivity contribution < 1.29 is 114 Å². The van der Waals surface area contributed by atoms with E-state index in [0.717, 1.165) is 25.7 Å². The topological polar surface area (TPSA) is 278 Å². The van der Waals surface area contributed by atoms with E-state index in [0.29, 0.717) is 32.1 Å². The summed E-state index contributed by atoms with van der Waals surface area (Å²) >= 11 is 0. The molecule has 0 aromatic carbocycles. The zero-order valence-corrected chi connectivity index (χ0v) is 41.6. The van der Waals surface area contributed by atoms with Crippen LogP contribution in [0.3, 0.4) is 0 Å². The molecule has 0 bridgehead atoms. The average molecular weight is 935 g/mol. The van der Waals surface area contributed by atoms with Crippen molar-refractivity contribution in [3.8, 4) is 0 Å². The van der Waals surface area contributed by atoms with E-state index < -0.39 is 134 Å². The van der Waals surface area contributed by atoms with Gasteiger partial charge in [0.25, 0.3) is 0 Å². The summed E-state index contributed by atoms with van der Waals surface area (Å²) in [5, 5.41) is 111. The molecule has 5 aliphatic carbocycles. The monoisotopic (exact) mass is 934 g/mol. The molecule has 23 atom stereocenters. The predicted molar refractivity (Wildman–Crippen MR) is 222 cm³/mol. The standard InChI is InChI=1S/C47H76O17.Na/c1-21-30(51)32(53)34(55)39(60-21)64-37-35(56)40(61-25(19-48)36(37)63-38-33(54)31(52)24(49)20-59-38)62-29-12-13-44(6)26(43(29,4)5)11-14-45(7)27(44)10-9-22-23-17-42(2,3)15-16-47(23,41(57)58)28(50)18-46(22,45)8;/h9,21,23-40,48-56H,10-20H2,1-8H3,(H,57,58);/q;+1/p-1/t21-,23-,24+,25+,26-,27+,28+,29-,30-,31-,32+,33+,34+,35+,36+,37+,38-,39-,40-,44-,45+,46+,47+;/m0./s1. The van der Waals surface area contributed by atoms with Gasteiger partial charge < -0.3 is 84.3 Å². The Kier molecular flexibility index (Phi) is 14.8. The van der Waals surface area contributed by atoms with Crippen LogP contribution in [0.2, 0.25) is 0 Å². The third-order valence-corrected chi connectivity index (χ3v) is 18.9. The Morgan fingerprint density at radius 2 is 1.38 bits per heavy atom. The number of rotatable bonds is 8. The molecular formula is C47H75NaO17. The van der Waals surface area contributed by atoms with Crippen molar-refractivity contribution >= 4 is 5.97 Å². The molecule has 366 valence electrons. The number of carboxylic acid groups (broad SMARTS) is 1. The minimum absolute atomic E-state index is 0. The molecule has 0 spiro atoms. The summed E-state index contributed by atoms with van der Waals surface area (Å²) in [6.07, 6.45) is -14.5. The largest absolute Gasteiger partial charge is 1.00 e. The first-order valence-corrected chi connectivity index (χ1v) is 23.7. The van der Waals surface area contributed by atoms with Gasteiger partial charge in [0, 0.05) is 5.41 Å². The maximum atomic E-state index is 13.1. The average Bonchev–Trinajstić information content (AvgIpc) is 3.22. The molecule has 0 amide bonds. The number of carbonyl (C=O) groups excluding carboxylic acids is 1. The third kappa shape index (κ3) is 8.20. The number of carboxylic acids is 1. The Hall–Kier alpha value is -0.390. The molecule has 0 radical (unpaired) electrons. The number of fused-ring (bicyclic) bond motifs is 7. The van der Waals surface area contributed by atoms with E-state index in [1.165, 1.54) is 12.5 Å². The third-order valence-electron chi connectivity index (χ3n) is 18.9. The summed E-state index contributed by atoms with van der Waals surface area (Å²) in [6, 6.07) is 0. The molecular weight excluding hydrogens is 859 g/mol. The number of allylic oxidation sites excluding steroid dienone is 2. The van der Waals surface area contributed by atoms with Gasteiger partial charge >= 0.3 is 29.6 Å². The van der Waals surface area contributed by atoms with Gasteiger partial charge in [-0.25, -0.2) is 0 Å². The summed E-state index contributed by atoms with van der Waals surface area (Å²) in [4.78, 5) is 13.1. The maximum Gasteiger partial charge on any atom is 1.00 e. The van der Waals surface area contributed by atoms with E-state index >= 15 is 0 Å². The zero-order chi connectivity index (χ0) is 46.9. The fourth-order valence-corrected chi connectivity index (χ4v) is 14.9. The van der Waals surface area contributed by atoms with Crippen LogP contribution in [0.5, 0.6) is 0 Å². The second kappa shape index (κ2) is 18.3. The molecule has 3 aliphatic heterocycles. The van der Waals surface area contributed by atoms with Crippen LogP contribution in [-0.2, 0) is 33.2 Å². The molecule has 8 aliphatic rings.